The standard InChI is InChI=1S/C11H25NO/c1-6-7-11(4,9-13-5)8-12-10(2)3/h10,12H,6-9H2,1-5H3. The molecule has 0 heterocycles. The van der Waals surface area contributed by atoms with Crippen LogP contribution in [0.15, 0.2) is 0 Å². The van der Waals surface area contributed by atoms with E-state index in [-0.39, 0.29) is 0 Å². The van der Waals surface area contributed by atoms with Crippen LogP contribution in [0, 0.1) is 5.41 Å². The van der Waals surface area contributed by atoms with E-state index >= 15 is 0 Å². The molecule has 0 rings (SSSR count). The van der Waals surface area contributed by atoms with Crippen molar-refractivity contribution >= 4 is 0 Å². The topological polar surface area (TPSA) is 21.3 Å². The molecule has 0 amide bonds. The largest absolute Gasteiger partial charge is 0.384 e. The number of hydrogen-bond donors (Lipinski definition) is 1. The van der Waals surface area contributed by atoms with Gasteiger partial charge in [-0.3, -0.25) is 0 Å². The van der Waals surface area contributed by atoms with Crippen molar-refractivity contribution in [3.05, 3.63) is 0 Å². The quantitative estimate of drug-likeness (QED) is 0.661. The van der Waals surface area contributed by atoms with Crippen molar-refractivity contribution < 1.29 is 4.74 Å². The zero-order chi connectivity index (χ0) is 10.3. The summed E-state index contributed by atoms with van der Waals surface area (Å²) in [6, 6.07) is 0.563. The molecule has 0 bridgehead atoms. The Morgan fingerprint density at radius 1 is 1.38 bits per heavy atom. The normalized spacial score (nSPS) is 16.2. The second-order valence-electron chi connectivity index (χ2n) is 4.53. The van der Waals surface area contributed by atoms with Crippen LogP contribution in [0.2, 0.25) is 0 Å². The fraction of sp³-hybridized carbons (Fsp3) is 1.00. The van der Waals surface area contributed by atoms with Gasteiger partial charge in [-0.25, -0.2) is 0 Å². The minimum atomic E-state index is 0.299. The van der Waals surface area contributed by atoms with E-state index in [9.17, 15) is 0 Å². The molecular formula is C11H25NO. The number of hydrogen-bond acceptors (Lipinski definition) is 2. The molecule has 0 fully saturated rings. The lowest BCUT2D eigenvalue weighted by atomic mass is 9.86. The van der Waals surface area contributed by atoms with Crippen molar-refractivity contribution in [2.75, 3.05) is 20.3 Å². The molecule has 0 radical (unpaired) electrons. The van der Waals surface area contributed by atoms with Crippen LogP contribution in [0.5, 0.6) is 0 Å². The van der Waals surface area contributed by atoms with Crippen molar-refractivity contribution in [3.63, 3.8) is 0 Å². The average molecular weight is 187 g/mol. The van der Waals surface area contributed by atoms with Crippen LogP contribution in [-0.4, -0.2) is 26.3 Å². The molecule has 1 atom stereocenters. The van der Waals surface area contributed by atoms with E-state index in [4.69, 9.17) is 4.74 Å². The van der Waals surface area contributed by atoms with Crippen molar-refractivity contribution in [1.82, 2.24) is 5.32 Å². The van der Waals surface area contributed by atoms with Gasteiger partial charge in [0.15, 0.2) is 0 Å². The zero-order valence-corrected chi connectivity index (χ0v) is 9.81. The molecule has 2 heteroatoms. The number of rotatable bonds is 7. The third-order valence-electron chi connectivity index (χ3n) is 2.28. The summed E-state index contributed by atoms with van der Waals surface area (Å²) in [7, 11) is 1.78. The lowest BCUT2D eigenvalue weighted by Crippen LogP contribution is -2.38. The Bertz CT molecular complexity index is 117. The molecule has 0 saturated carbocycles. The van der Waals surface area contributed by atoms with Crippen LogP contribution in [-0.2, 0) is 4.74 Å². The number of ether oxygens (including phenoxy) is 1. The van der Waals surface area contributed by atoms with Gasteiger partial charge in [-0.05, 0) is 6.42 Å². The Balaban J connectivity index is 3.91. The van der Waals surface area contributed by atoms with Crippen LogP contribution in [0.3, 0.4) is 0 Å². The van der Waals surface area contributed by atoms with E-state index in [1.54, 1.807) is 7.11 Å². The fourth-order valence-corrected chi connectivity index (χ4v) is 1.61. The third kappa shape index (κ3) is 6.05. The van der Waals surface area contributed by atoms with Gasteiger partial charge in [0.1, 0.15) is 0 Å². The maximum atomic E-state index is 5.25. The first-order valence-corrected chi connectivity index (χ1v) is 5.26. The first-order chi connectivity index (χ1) is 6.04. The van der Waals surface area contributed by atoms with Crippen LogP contribution in [0.1, 0.15) is 40.5 Å². The predicted octanol–water partition coefficient (Wildman–Crippen LogP) is 2.44. The highest BCUT2D eigenvalue weighted by Crippen LogP contribution is 2.22. The summed E-state index contributed by atoms with van der Waals surface area (Å²) in [5.41, 5.74) is 0.299. The lowest BCUT2D eigenvalue weighted by Gasteiger charge is -2.29. The van der Waals surface area contributed by atoms with E-state index in [0.717, 1.165) is 13.2 Å². The van der Waals surface area contributed by atoms with Crippen LogP contribution in [0.25, 0.3) is 0 Å². The Kier molecular flexibility index (Phi) is 6.35. The van der Waals surface area contributed by atoms with Gasteiger partial charge in [-0.2, -0.15) is 0 Å². The number of methoxy groups -OCH3 is 1. The molecule has 0 aliphatic carbocycles. The minimum absolute atomic E-state index is 0.299. The molecule has 0 aromatic rings. The minimum Gasteiger partial charge on any atom is -0.384 e. The summed E-state index contributed by atoms with van der Waals surface area (Å²) in [6.45, 7) is 10.8. The number of nitrogens with one attached hydrogen (secondary N) is 1. The Hall–Kier alpha value is -0.0800. The monoisotopic (exact) mass is 187 g/mol. The van der Waals surface area contributed by atoms with Crippen LogP contribution in [0.4, 0.5) is 0 Å². The van der Waals surface area contributed by atoms with Crippen molar-refractivity contribution in [1.29, 1.82) is 0 Å². The Morgan fingerprint density at radius 3 is 2.38 bits per heavy atom. The van der Waals surface area contributed by atoms with Gasteiger partial charge in [-0.1, -0.05) is 34.1 Å². The van der Waals surface area contributed by atoms with E-state index in [0.29, 0.717) is 11.5 Å². The summed E-state index contributed by atoms with van der Waals surface area (Å²) in [6.07, 6.45) is 2.44. The molecule has 0 aromatic heterocycles. The molecule has 0 aromatic carbocycles. The van der Waals surface area contributed by atoms with Crippen molar-refractivity contribution in [3.8, 4) is 0 Å². The van der Waals surface area contributed by atoms with Crippen LogP contribution >= 0.6 is 0 Å². The average Bonchev–Trinajstić information content (AvgIpc) is 2.02. The van der Waals surface area contributed by atoms with Crippen LogP contribution < -0.4 is 5.32 Å². The van der Waals surface area contributed by atoms with E-state index in [2.05, 4.69) is 33.0 Å². The highest BCUT2D eigenvalue weighted by atomic mass is 16.5. The van der Waals surface area contributed by atoms with Gasteiger partial charge in [-0.15, -0.1) is 0 Å². The van der Waals surface area contributed by atoms with Gasteiger partial charge in [0.25, 0.3) is 0 Å². The molecule has 2 nitrogen and oxygen atoms in total. The molecule has 0 saturated heterocycles. The highest BCUT2D eigenvalue weighted by Gasteiger charge is 2.22. The van der Waals surface area contributed by atoms with Crippen molar-refractivity contribution in [2.24, 2.45) is 5.41 Å². The second kappa shape index (κ2) is 6.39. The summed E-state index contributed by atoms with van der Waals surface area (Å²) in [5.74, 6) is 0. The molecule has 1 unspecified atom stereocenters. The molecular weight excluding hydrogens is 162 g/mol. The first-order valence-electron chi connectivity index (χ1n) is 5.26. The maximum absolute atomic E-state index is 5.25. The molecule has 13 heavy (non-hydrogen) atoms. The van der Waals surface area contributed by atoms with E-state index in [1.807, 2.05) is 0 Å². The first kappa shape index (κ1) is 12.9. The molecule has 1 N–H and O–H groups in total. The lowest BCUT2D eigenvalue weighted by molar-refractivity contribution is 0.0825. The zero-order valence-electron chi connectivity index (χ0n) is 9.81. The molecule has 0 aliphatic heterocycles. The summed E-state index contributed by atoms with van der Waals surface area (Å²) >= 11 is 0. The molecule has 80 valence electrons. The Morgan fingerprint density at radius 2 is 2.00 bits per heavy atom. The SMILES string of the molecule is CCCC(C)(CNC(C)C)COC. The second-order valence-corrected chi connectivity index (χ2v) is 4.53. The summed E-state index contributed by atoms with van der Waals surface area (Å²) in [4.78, 5) is 0. The summed E-state index contributed by atoms with van der Waals surface area (Å²) < 4.78 is 5.25. The predicted molar refractivity (Wildman–Crippen MR) is 58.0 cm³/mol. The maximum Gasteiger partial charge on any atom is 0.0528 e. The molecule has 0 aliphatic rings. The smallest absolute Gasteiger partial charge is 0.0528 e. The van der Waals surface area contributed by atoms with E-state index < -0.39 is 0 Å². The summed E-state index contributed by atoms with van der Waals surface area (Å²) in [5, 5.41) is 3.48. The van der Waals surface area contributed by atoms with Gasteiger partial charge in [0.05, 0.1) is 6.61 Å². The Labute approximate surface area is 83.1 Å². The highest BCUT2D eigenvalue weighted by molar-refractivity contribution is 4.76. The van der Waals surface area contributed by atoms with Gasteiger partial charge >= 0.3 is 0 Å². The third-order valence-corrected chi connectivity index (χ3v) is 2.28. The van der Waals surface area contributed by atoms with Gasteiger partial charge in [0, 0.05) is 25.1 Å². The van der Waals surface area contributed by atoms with E-state index in [1.165, 1.54) is 12.8 Å². The van der Waals surface area contributed by atoms with Gasteiger partial charge in [0.2, 0.25) is 0 Å². The van der Waals surface area contributed by atoms with Gasteiger partial charge < -0.3 is 10.1 Å². The van der Waals surface area contributed by atoms with Crippen molar-refractivity contribution in [2.45, 2.75) is 46.6 Å². The molecule has 0 spiro atoms. The fourth-order valence-electron chi connectivity index (χ4n) is 1.61.